The molecule has 0 aliphatic carbocycles. The number of hydrogen-bond donors (Lipinski definition) is 4. The monoisotopic (exact) mass is 266 g/mol. The van der Waals surface area contributed by atoms with Gasteiger partial charge in [-0.05, 0) is 23.8 Å². The molecule has 0 radical (unpaired) electrons. The first kappa shape index (κ1) is 14.4. The van der Waals surface area contributed by atoms with Gasteiger partial charge in [0.15, 0.2) is 0 Å². The second-order valence-corrected chi connectivity index (χ2v) is 3.61. The van der Waals surface area contributed by atoms with E-state index in [9.17, 15) is 19.5 Å². The van der Waals surface area contributed by atoms with Crippen LogP contribution in [0, 0.1) is 0 Å². The lowest BCUT2D eigenvalue weighted by Gasteiger charge is -2.14. The van der Waals surface area contributed by atoms with Gasteiger partial charge in [0.05, 0.1) is 0 Å². The highest BCUT2D eigenvalue weighted by Gasteiger charge is 2.51. The van der Waals surface area contributed by atoms with E-state index in [0.717, 1.165) is 6.08 Å². The molecule has 0 spiro atoms. The third-order valence-corrected chi connectivity index (χ3v) is 2.30. The first-order valence-electron chi connectivity index (χ1n) is 4.99. The molecular weight excluding hydrogens is 256 g/mol. The van der Waals surface area contributed by atoms with Crippen LogP contribution in [0.15, 0.2) is 30.3 Å². The molecule has 0 aliphatic rings. The van der Waals surface area contributed by atoms with E-state index in [1.54, 1.807) is 0 Å². The molecule has 0 saturated heterocycles. The SMILES string of the molecule is O=C(O)C(O)(C(=O)O)C(=O)/C=C/c1ccc(O)cc1. The van der Waals surface area contributed by atoms with E-state index in [1.165, 1.54) is 24.3 Å². The highest BCUT2D eigenvalue weighted by molar-refractivity contribution is 6.26. The normalized spacial score (nSPS) is 11.4. The van der Waals surface area contributed by atoms with E-state index < -0.39 is 23.3 Å². The number of rotatable bonds is 5. The zero-order valence-corrected chi connectivity index (χ0v) is 9.48. The third kappa shape index (κ3) is 2.96. The lowest BCUT2D eigenvalue weighted by atomic mass is 9.98. The number of hydrogen-bond acceptors (Lipinski definition) is 5. The summed E-state index contributed by atoms with van der Waals surface area (Å²) in [5.74, 6) is -5.82. The number of phenolic OH excluding ortho intramolecular Hbond substituents is 1. The minimum atomic E-state index is -3.51. The van der Waals surface area contributed by atoms with Gasteiger partial charge in [-0.2, -0.15) is 0 Å². The Hall–Kier alpha value is -2.67. The van der Waals surface area contributed by atoms with Crippen LogP contribution < -0.4 is 0 Å². The molecule has 1 aromatic rings. The van der Waals surface area contributed by atoms with Gasteiger partial charge in [0, 0.05) is 0 Å². The van der Waals surface area contributed by atoms with Crippen molar-refractivity contribution < 1.29 is 34.8 Å². The molecule has 19 heavy (non-hydrogen) atoms. The molecule has 0 aromatic heterocycles. The van der Waals surface area contributed by atoms with E-state index >= 15 is 0 Å². The molecule has 0 aliphatic heterocycles. The second kappa shape index (κ2) is 5.32. The molecule has 0 atom stereocenters. The quantitative estimate of drug-likeness (QED) is 0.431. The van der Waals surface area contributed by atoms with Crippen molar-refractivity contribution in [2.45, 2.75) is 5.60 Å². The fraction of sp³-hybridized carbons (Fsp3) is 0.0833. The Balaban J connectivity index is 2.98. The Morgan fingerprint density at radius 3 is 1.89 bits per heavy atom. The number of carboxylic acids is 2. The van der Waals surface area contributed by atoms with Crippen LogP contribution in [0.25, 0.3) is 6.08 Å². The smallest absolute Gasteiger partial charge is 0.356 e. The zero-order valence-electron chi connectivity index (χ0n) is 9.48. The van der Waals surface area contributed by atoms with Gasteiger partial charge in [-0.3, -0.25) is 4.79 Å². The van der Waals surface area contributed by atoms with Crippen LogP contribution in [0.4, 0.5) is 0 Å². The van der Waals surface area contributed by atoms with E-state index in [-0.39, 0.29) is 5.75 Å². The van der Waals surface area contributed by atoms with E-state index in [4.69, 9.17) is 15.3 Å². The van der Waals surface area contributed by atoms with Crippen molar-refractivity contribution in [1.29, 1.82) is 0 Å². The average Bonchev–Trinajstić information content (AvgIpc) is 2.36. The topological polar surface area (TPSA) is 132 Å². The van der Waals surface area contributed by atoms with Crippen LogP contribution in [-0.2, 0) is 14.4 Å². The number of aliphatic carboxylic acids is 2. The summed E-state index contributed by atoms with van der Waals surface area (Å²) in [5.41, 5.74) is -3.09. The lowest BCUT2D eigenvalue weighted by molar-refractivity contribution is -0.177. The van der Waals surface area contributed by atoms with Crippen molar-refractivity contribution in [2.24, 2.45) is 0 Å². The first-order chi connectivity index (χ1) is 8.78. The van der Waals surface area contributed by atoms with Gasteiger partial charge in [-0.1, -0.05) is 18.2 Å². The van der Waals surface area contributed by atoms with E-state index in [0.29, 0.717) is 11.6 Å². The number of aliphatic hydroxyl groups is 1. The molecule has 0 bridgehead atoms. The van der Waals surface area contributed by atoms with Crippen molar-refractivity contribution in [1.82, 2.24) is 0 Å². The molecule has 1 rings (SSSR count). The van der Waals surface area contributed by atoms with Crippen LogP contribution in [0.1, 0.15) is 5.56 Å². The van der Waals surface area contributed by atoms with Gasteiger partial charge < -0.3 is 20.4 Å². The van der Waals surface area contributed by atoms with Crippen LogP contribution in [0.5, 0.6) is 5.75 Å². The molecule has 0 fully saturated rings. The summed E-state index contributed by atoms with van der Waals surface area (Å²) in [4.78, 5) is 32.7. The summed E-state index contributed by atoms with van der Waals surface area (Å²) < 4.78 is 0. The number of aromatic hydroxyl groups is 1. The van der Waals surface area contributed by atoms with Gasteiger partial charge >= 0.3 is 17.5 Å². The summed E-state index contributed by atoms with van der Waals surface area (Å²) in [5, 5.41) is 35.5. The van der Waals surface area contributed by atoms with Crippen LogP contribution >= 0.6 is 0 Å². The molecule has 7 heteroatoms. The molecule has 0 saturated carbocycles. The summed E-state index contributed by atoms with van der Waals surface area (Å²) in [6.45, 7) is 0. The first-order valence-corrected chi connectivity index (χ1v) is 4.99. The fourth-order valence-electron chi connectivity index (χ4n) is 1.18. The van der Waals surface area contributed by atoms with Gasteiger partial charge in [-0.25, -0.2) is 9.59 Å². The van der Waals surface area contributed by atoms with Crippen molar-refractivity contribution >= 4 is 23.8 Å². The number of carboxylic acid groups (broad SMARTS) is 2. The number of benzene rings is 1. The van der Waals surface area contributed by atoms with E-state index in [1.807, 2.05) is 0 Å². The van der Waals surface area contributed by atoms with Gasteiger partial charge in [0.25, 0.3) is 0 Å². The number of carbonyl (C=O) groups excluding carboxylic acids is 1. The molecule has 0 amide bonds. The number of carbonyl (C=O) groups is 3. The summed E-state index contributed by atoms with van der Waals surface area (Å²) in [6.07, 6.45) is 1.77. The Morgan fingerprint density at radius 1 is 1.00 bits per heavy atom. The third-order valence-electron chi connectivity index (χ3n) is 2.30. The zero-order chi connectivity index (χ0) is 14.6. The number of ketones is 1. The van der Waals surface area contributed by atoms with Crippen LogP contribution in [-0.4, -0.2) is 43.7 Å². The van der Waals surface area contributed by atoms with Gasteiger partial charge in [0.1, 0.15) is 5.75 Å². The Bertz CT molecular complexity index is 528. The van der Waals surface area contributed by atoms with Crippen LogP contribution in [0.2, 0.25) is 0 Å². The minimum absolute atomic E-state index is 0.00365. The maximum absolute atomic E-state index is 11.4. The lowest BCUT2D eigenvalue weighted by Crippen LogP contribution is -2.52. The second-order valence-electron chi connectivity index (χ2n) is 3.61. The number of phenols is 1. The predicted molar refractivity (Wildman–Crippen MR) is 62.4 cm³/mol. The van der Waals surface area contributed by atoms with Crippen molar-refractivity contribution in [3.8, 4) is 5.75 Å². The average molecular weight is 266 g/mol. The Kier molecular flexibility index (Phi) is 4.03. The van der Waals surface area contributed by atoms with Crippen molar-refractivity contribution in [3.63, 3.8) is 0 Å². The molecule has 4 N–H and O–H groups in total. The maximum atomic E-state index is 11.4. The molecule has 100 valence electrons. The van der Waals surface area contributed by atoms with Crippen molar-refractivity contribution in [2.75, 3.05) is 0 Å². The Morgan fingerprint density at radius 2 is 1.47 bits per heavy atom. The maximum Gasteiger partial charge on any atom is 0.356 e. The summed E-state index contributed by atoms with van der Waals surface area (Å²) in [7, 11) is 0. The van der Waals surface area contributed by atoms with Crippen LogP contribution in [0.3, 0.4) is 0 Å². The highest BCUT2D eigenvalue weighted by Crippen LogP contribution is 2.13. The molecule has 7 nitrogen and oxygen atoms in total. The predicted octanol–water partition coefficient (Wildman–Crippen LogP) is -0.125. The van der Waals surface area contributed by atoms with E-state index in [2.05, 4.69) is 0 Å². The standard InChI is InChI=1S/C12H10O7/c13-8-4-1-7(2-5-8)3-6-9(14)12(19,10(15)16)11(17)18/h1-6,13,19H,(H,15,16)(H,17,18)/b6-3+. The molecular formula is C12H10O7. The van der Waals surface area contributed by atoms with Crippen molar-refractivity contribution in [3.05, 3.63) is 35.9 Å². The van der Waals surface area contributed by atoms with Gasteiger partial charge in [0.2, 0.25) is 5.78 Å². The van der Waals surface area contributed by atoms with Gasteiger partial charge in [-0.15, -0.1) is 0 Å². The minimum Gasteiger partial charge on any atom is -0.508 e. The summed E-state index contributed by atoms with van der Waals surface area (Å²) >= 11 is 0. The molecule has 1 aromatic carbocycles. The molecule has 0 unspecified atom stereocenters. The largest absolute Gasteiger partial charge is 0.508 e. The summed E-state index contributed by atoms with van der Waals surface area (Å²) in [6, 6.07) is 5.48. The highest BCUT2D eigenvalue weighted by atomic mass is 16.5. The fourth-order valence-corrected chi connectivity index (χ4v) is 1.18. The molecule has 0 heterocycles. The Labute approximate surface area is 107 Å².